The van der Waals surface area contributed by atoms with Crippen molar-refractivity contribution >= 4 is 56.7 Å². The monoisotopic (exact) mass is 757 g/mol. The van der Waals surface area contributed by atoms with Gasteiger partial charge < -0.3 is 25.2 Å². The fourth-order valence-corrected chi connectivity index (χ4v) is 7.41. The SMILES string of the molecule is CN(C)c1ccc(-c2ccc(-c3nc4ccc(NCCNC(=O)COc5ccc6c(c5)CN(C5CCC(=O)NC5=O)C6=O)cc4s3)c(C(F)(F)F)c2)cn1. The average Bonchev–Trinajstić information content (AvgIpc) is 3.72. The van der Waals surface area contributed by atoms with E-state index >= 15 is 0 Å². The second-order valence-corrected chi connectivity index (χ2v) is 14.1. The fraction of sp³-hybridized carbons (Fsp3) is 0.263. The molecule has 7 rings (SSSR count). The van der Waals surface area contributed by atoms with E-state index in [9.17, 15) is 32.3 Å². The third-order valence-corrected chi connectivity index (χ3v) is 10.2. The van der Waals surface area contributed by atoms with Crippen molar-refractivity contribution in [2.24, 2.45) is 0 Å². The number of halogens is 3. The van der Waals surface area contributed by atoms with Gasteiger partial charge in [0.25, 0.3) is 11.8 Å². The summed E-state index contributed by atoms with van der Waals surface area (Å²) in [5.41, 5.74) is 2.56. The van der Waals surface area contributed by atoms with Gasteiger partial charge in [-0.1, -0.05) is 12.1 Å². The molecule has 3 N–H and O–H groups in total. The number of anilines is 2. The van der Waals surface area contributed by atoms with Gasteiger partial charge >= 0.3 is 6.18 Å². The standard InChI is InChI=1S/C38H34F3N7O5S/c1-47(2)32-11-4-22(18-44-32)21-3-7-27(28(16-21)38(39,40)41)36-45-29-9-5-24(17-31(29)54-36)42-13-14-43-34(50)20-53-25-6-8-26-23(15-25)19-48(37(26)52)30-10-12-33(49)46-35(30)51/h3-9,11,15-18,30,42H,10,12-14,19-20H2,1-2H3,(H,43,50)(H,46,49,51). The van der Waals surface area contributed by atoms with Gasteiger partial charge in [0, 0.05) is 68.7 Å². The number of hydrogen-bond donors (Lipinski definition) is 3. The van der Waals surface area contributed by atoms with Crippen LogP contribution in [0.4, 0.5) is 24.7 Å². The predicted molar refractivity (Wildman–Crippen MR) is 197 cm³/mol. The van der Waals surface area contributed by atoms with Gasteiger partial charge in [-0.3, -0.25) is 24.5 Å². The quantitative estimate of drug-likeness (QED) is 0.118. The number of nitrogens with one attached hydrogen (secondary N) is 3. The Morgan fingerprint density at radius 1 is 1.00 bits per heavy atom. The summed E-state index contributed by atoms with van der Waals surface area (Å²) < 4.78 is 49.3. The van der Waals surface area contributed by atoms with Gasteiger partial charge in [0.1, 0.15) is 22.6 Å². The van der Waals surface area contributed by atoms with Crippen LogP contribution in [0.15, 0.2) is 72.9 Å². The van der Waals surface area contributed by atoms with Crippen LogP contribution in [0.5, 0.6) is 5.75 Å². The lowest BCUT2D eigenvalue weighted by molar-refractivity contribution is -0.138. The Hall–Kier alpha value is -6.03. The average molecular weight is 758 g/mol. The molecule has 3 aromatic carbocycles. The number of pyridine rings is 1. The summed E-state index contributed by atoms with van der Waals surface area (Å²) in [4.78, 5) is 61.3. The van der Waals surface area contributed by atoms with Crippen molar-refractivity contribution in [3.8, 4) is 27.4 Å². The van der Waals surface area contributed by atoms with E-state index in [2.05, 4.69) is 25.9 Å². The number of amides is 4. The van der Waals surface area contributed by atoms with E-state index in [0.717, 1.165) is 17.4 Å². The van der Waals surface area contributed by atoms with Crippen LogP contribution >= 0.6 is 11.3 Å². The Morgan fingerprint density at radius 2 is 1.80 bits per heavy atom. The molecule has 54 heavy (non-hydrogen) atoms. The molecule has 0 radical (unpaired) electrons. The second-order valence-electron chi connectivity index (χ2n) is 13.0. The lowest BCUT2D eigenvalue weighted by atomic mass is 10.00. The first-order chi connectivity index (χ1) is 25.8. The van der Waals surface area contributed by atoms with E-state index < -0.39 is 23.7 Å². The second kappa shape index (κ2) is 14.8. The minimum atomic E-state index is -4.61. The number of carbonyl (C=O) groups excluding carboxylic acids is 4. The van der Waals surface area contributed by atoms with Gasteiger partial charge in [-0.15, -0.1) is 11.3 Å². The summed E-state index contributed by atoms with van der Waals surface area (Å²) in [6.07, 6.45) is -2.63. The molecule has 278 valence electrons. The number of alkyl halides is 3. The molecule has 0 saturated carbocycles. The van der Waals surface area contributed by atoms with Crippen LogP contribution < -0.4 is 25.6 Å². The first kappa shape index (κ1) is 36.3. The molecule has 2 aliphatic rings. The molecule has 1 atom stereocenters. The number of carbonyl (C=O) groups is 4. The van der Waals surface area contributed by atoms with Gasteiger partial charge in [-0.2, -0.15) is 13.2 Å². The van der Waals surface area contributed by atoms with Crippen LogP contribution in [0.25, 0.3) is 31.9 Å². The zero-order chi connectivity index (χ0) is 38.1. The largest absolute Gasteiger partial charge is 0.484 e. The molecule has 5 aromatic rings. The van der Waals surface area contributed by atoms with Crippen LogP contribution in [0, 0.1) is 0 Å². The maximum atomic E-state index is 14.3. The number of benzene rings is 3. The molecule has 2 aromatic heterocycles. The number of thiazole rings is 1. The van der Waals surface area contributed by atoms with Crippen LogP contribution in [0.3, 0.4) is 0 Å². The topological polar surface area (TPSA) is 146 Å². The van der Waals surface area contributed by atoms with Crippen molar-refractivity contribution < 1.29 is 37.1 Å². The summed E-state index contributed by atoms with van der Waals surface area (Å²) >= 11 is 1.16. The van der Waals surface area contributed by atoms with E-state index in [0.29, 0.717) is 56.3 Å². The van der Waals surface area contributed by atoms with Crippen LogP contribution in [0.2, 0.25) is 0 Å². The molecule has 1 unspecified atom stereocenters. The number of ether oxygens (including phenoxy) is 1. The number of rotatable bonds is 11. The van der Waals surface area contributed by atoms with E-state index in [-0.39, 0.29) is 60.8 Å². The molecule has 0 bridgehead atoms. The molecule has 0 spiro atoms. The fourth-order valence-electron chi connectivity index (χ4n) is 6.37. The maximum Gasteiger partial charge on any atom is 0.417 e. The van der Waals surface area contributed by atoms with Crippen LogP contribution in [-0.2, 0) is 27.1 Å². The first-order valence-corrected chi connectivity index (χ1v) is 17.8. The Kier molecular flexibility index (Phi) is 9.94. The third kappa shape index (κ3) is 7.69. The number of piperidine rings is 1. The Morgan fingerprint density at radius 3 is 2.54 bits per heavy atom. The van der Waals surface area contributed by atoms with Gasteiger partial charge in [-0.05, 0) is 72.1 Å². The highest BCUT2D eigenvalue weighted by Crippen LogP contribution is 2.42. The number of nitrogens with zero attached hydrogens (tertiary/aromatic N) is 4. The molecule has 4 heterocycles. The third-order valence-electron chi connectivity index (χ3n) is 9.12. The molecule has 0 aliphatic carbocycles. The zero-order valence-electron chi connectivity index (χ0n) is 29.1. The summed E-state index contributed by atoms with van der Waals surface area (Å²) in [5, 5.41) is 8.49. The number of hydrogen-bond acceptors (Lipinski definition) is 10. The van der Waals surface area contributed by atoms with E-state index in [4.69, 9.17) is 4.74 Å². The Bertz CT molecular complexity index is 2280. The lowest BCUT2D eigenvalue weighted by Gasteiger charge is -2.29. The summed E-state index contributed by atoms with van der Waals surface area (Å²) in [6, 6.07) is 17.2. The smallest absolute Gasteiger partial charge is 0.417 e. The summed E-state index contributed by atoms with van der Waals surface area (Å²) in [7, 11) is 3.67. The van der Waals surface area contributed by atoms with Gasteiger partial charge in [0.15, 0.2) is 6.61 Å². The van der Waals surface area contributed by atoms with Crippen molar-refractivity contribution in [1.29, 1.82) is 0 Å². The number of aromatic nitrogens is 2. The predicted octanol–water partition coefficient (Wildman–Crippen LogP) is 5.48. The molecular formula is C38H34F3N7O5S. The van der Waals surface area contributed by atoms with Crippen molar-refractivity contribution in [3.63, 3.8) is 0 Å². The lowest BCUT2D eigenvalue weighted by Crippen LogP contribution is -2.52. The number of fused-ring (bicyclic) bond motifs is 2. The van der Waals surface area contributed by atoms with E-state index in [1.54, 1.807) is 60.8 Å². The van der Waals surface area contributed by atoms with E-state index in [1.165, 1.54) is 11.0 Å². The first-order valence-electron chi connectivity index (χ1n) is 17.0. The molecule has 4 amide bonds. The van der Waals surface area contributed by atoms with Crippen molar-refractivity contribution in [1.82, 2.24) is 25.5 Å². The number of imide groups is 1. The van der Waals surface area contributed by atoms with Gasteiger partial charge in [-0.25, -0.2) is 9.97 Å². The highest BCUT2D eigenvalue weighted by molar-refractivity contribution is 7.21. The molecular weight excluding hydrogens is 724 g/mol. The van der Waals surface area contributed by atoms with Crippen molar-refractivity contribution in [2.45, 2.75) is 31.6 Å². The highest BCUT2D eigenvalue weighted by atomic mass is 32.1. The molecule has 16 heteroatoms. The van der Waals surface area contributed by atoms with Gasteiger partial charge in [0.2, 0.25) is 11.8 Å². The normalized spacial score (nSPS) is 15.6. The highest BCUT2D eigenvalue weighted by Gasteiger charge is 2.39. The maximum absolute atomic E-state index is 14.3. The molecule has 1 saturated heterocycles. The molecule has 1 fully saturated rings. The zero-order valence-corrected chi connectivity index (χ0v) is 29.9. The van der Waals surface area contributed by atoms with Crippen LogP contribution in [0.1, 0.15) is 34.3 Å². The van der Waals surface area contributed by atoms with Crippen LogP contribution in [-0.4, -0.2) is 78.3 Å². The van der Waals surface area contributed by atoms with Gasteiger partial charge in [0.05, 0.1) is 15.8 Å². The Labute approximate surface area is 311 Å². The Balaban J connectivity index is 0.923. The summed E-state index contributed by atoms with van der Waals surface area (Å²) in [6.45, 7) is 0.559. The minimum Gasteiger partial charge on any atom is -0.484 e. The molecule has 12 nitrogen and oxygen atoms in total. The minimum absolute atomic E-state index is 0.00710. The van der Waals surface area contributed by atoms with Crippen molar-refractivity contribution in [2.75, 3.05) is 44.0 Å². The molecule has 2 aliphatic heterocycles. The van der Waals surface area contributed by atoms with Crippen molar-refractivity contribution in [3.05, 3.63) is 89.6 Å². The summed E-state index contributed by atoms with van der Waals surface area (Å²) in [5.74, 6) is -0.425. The van der Waals surface area contributed by atoms with E-state index in [1.807, 2.05) is 19.0 Å².